The highest BCUT2D eigenvalue weighted by Crippen LogP contribution is 2.31. The molecular weight excluding hydrogens is 290 g/mol. The molecule has 2 aromatic rings. The fourth-order valence-corrected chi connectivity index (χ4v) is 2.24. The van der Waals surface area contributed by atoms with Gasteiger partial charge in [-0.05, 0) is 6.07 Å². The van der Waals surface area contributed by atoms with Crippen molar-refractivity contribution in [1.82, 2.24) is 10.5 Å². The topological polar surface area (TPSA) is 113 Å². The maximum absolute atomic E-state index is 12.0. The SMILES string of the molecule is O=C1NCCN(c2ccccc2-c2cc(C(=O)O)on2)C1=O. The predicted molar refractivity (Wildman–Crippen MR) is 74.3 cm³/mol. The molecule has 112 valence electrons. The number of carboxylic acids is 1. The van der Waals surface area contributed by atoms with Crippen LogP contribution in [0, 0.1) is 0 Å². The number of aromatic nitrogens is 1. The standard InChI is InChI=1S/C14H11N3O5/c18-12-13(19)17(6-5-15-12)10-4-2-1-3-8(10)9-7-11(14(20)21)22-16-9/h1-4,7H,5-6H2,(H,15,18)(H,20,21). The Kier molecular flexibility index (Phi) is 3.34. The molecule has 0 radical (unpaired) electrons. The maximum atomic E-state index is 12.0. The van der Waals surface area contributed by atoms with Gasteiger partial charge >= 0.3 is 17.8 Å². The number of carboxylic acid groups (broad SMARTS) is 1. The lowest BCUT2D eigenvalue weighted by molar-refractivity contribution is -0.138. The van der Waals surface area contributed by atoms with E-state index in [1.54, 1.807) is 24.3 Å². The zero-order valence-electron chi connectivity index (χ0n) is 11.3. The molecule has 0 atom stereocenters. The van der Waals surface area contributed by atoms with Crippen molar-refractivity contribution >= 4 is 23.5 Å². The zero-order chi connectivity index (χ0) is 15.7. The second kappa shape index (κ2) is 5.32. The molecule has 1 aliphatic heterocycles. The van der Waals surface area contributed by atoms with Gasteiger partial charge in [0.05, 0.1) is 5.69 Å². The number of hydrogen-bond donors (Lipinski definition) is 2. The van der Waals surface area contributed by atoms with Crippen LogP contribution in [0.15, 0.2) is 34.9 Å². The summed E-state index contributed by atoms with van der Waals surface area (Å²) in [6.07, 6.45) is 0. The number of nitrogens with one attached hydrogen (secondary N) is 1. The number of aromatic carboxylic acids is 1. The summed E-state index contributed by atoms with van der Waals surface area (Å²) in [5.74, 6) is -2.87. The van der Waals surface area contributed by atoms with Crippen molar-refractivity contribution in [2.75, 3.05) is 18.0 Å². The number of carbonyl (C=O) groups excluding carboxylic acids is 2. The summed E-state index contributed by atoms with van der Waals surface area (Å²) in [7, 11) is 0. The van der Waals surface area contributed by atoms with Crippen LogP contribution in [0.2, 0.25) is 0 Å². The quantitative estimate of drug-likeness (QED) is 0.798. The molecule has 1 saturated heterocycles. The summed E-state index contributed by atoms with van der Waals surface area (Å²) in [5.41, 5.74) is 1.28. The highest BCUT2D eigenvalue weighted by atomic mass is 16.5. The average Bonchev–Trinajstić information content (AvgIpc) is 3.00. The van der Waals surface area contributed by atoms with Crippen LogP contribution in [-0.4, -0.2) is 41.1 Å². The van der Waals surface area contributed by atoms with Gasteiger partial charge in [0, 0.05) is 24.7 Å². The van der Waals surface area contributed by atoms with E-state index in [4.69, 9.17) is 9.63 Å². The molecule has 0 saturated carbocycles. The van der Waals surface area contributed by atoms with E-state index < -0.39 is 17.8 Å². The van der Waals surface area contributed by atoms with Crippen molar-refractivity contribution < 1.29 is 24.0 Å². The van der Waals surface area contributed by atoms with E-state index in [-0.39, 0.29) is 11.5 Å². The maximum Gasteiger partial charge on any atom is 0.374 e. The second-order valence-electron chi connectivity index (χ2n) is 4.61. The van der Waals surface area contributed by atoms with E-state index in [0.717, 1.165) is 0 Å². The summed E-state index contributed by atoms with van der Waals surface area (Å²) < 4.78 is 4.74. The number of rotatable bonds is 3. The molecule has 0 spiro atoms. The normalized spacial score (nSPS) is 14.8. The molecule has 0 unspecified atom stereocenters. The Balaban J connectivity index is 2.04. The molecular formula is C14H11N3O5. The lowest BCUT2D eigenvalue weighted by Crippen LogP contribution is -2.52. The molecule has 3 rings (SSSR count). The molecule has 2 N–H and O–H groups in total. The van der Waals surface area contributed by atoms with Crippen molar-refractivity contribution in [1.29, 1.82) is 0 Å². The van der Waals surface area contributed by atoms with E-state index in [0.29, 0.717) is 24.3 Å². The van der Waals surface area contributed by atoms with Crippen molar-refractivity contribution in [3.8, 4) is 11.3 Å². The van der Waals surface area contributed by atoms with Gasteiger partial charge in [-0.1, -0.05) is 23.4 Å². The van der Waals surface area contributed by atoms with Gasteiger partial charge in [0.15, 0.2) is 0 Å². The Labute approximate surface area is 124 Å². The second-order valence-corrected chi connectivity index (χ2v) is 4.61. The molecule has 1 fully saturated rings. The molecule has 1 aliphatic rings. The van der Waals surface area contributed by atoms with Gasteiger partial charge in [-0.3, -0.25) is 9.59 Å². The molecule has 22 heavy (non-hydrogen) atoms. The van der Waals surface area contributed by atoms with Gasteiger partial charge in [-0.2, -0.15) is 0 Å². The molecule has 1 aromatic heterocycles. The first-order chi connectivity index (χ1) is 10.6. The third kappa shape index (κ3) is 2.30. The smallest absolute Gasteiger partial charge is 0.374 e. The van der Waals surface area contributed by atoms with Crippen molar-refractivity contribution in [2.45, 2.75) is 0 Å². The van der Waals surface area contributed by atoms with Gasteiger partial charge in [-0.25, -0.2) is 4.79 Å². The van der Waals surface area contributed by atoms with Crippen molar-refractivity contribution in [3.05, 3.63) is 36.1 Å². The van der Waals surface area contributed by atoms with Crippen LogP contribution in [0.5, 0.6) is 0 Å². The zero-order valence-corrected chi connectivity index (χ0v) is 11.3. The number of piperazine rings is 1. The number of hydrogen-bond acceptors (Lipinski definition) is 5. The number of anilines is 1. The number of amides is 2. The Morgan fingerprint density at radius 3 is 2.82 bits per heavy atom. The summed E-state index contributed by atoms with van der Waals surface area (Å²) in [4.78, 5) is 35.7. The van der Waals surface area contributed by atoms with Crippen LogP contribution in [0.1, 0.15) is 10.6 Å². The Bertz CT molecular complexity index is 767. The Morgan fingerprint density at radius 2 is 2.09 bits per heavy atom. The van der Waals surface area contributed by atoms with Gasteiger partial charge in [0.2, 0.25) is 5.76 Å². The number of benzene rings is 1. The summed E-state index contributed by atoms with van der Waals surface area (Å²) in [5, 5.41) is 15.1. The molecule has 0 aliphatic carbocycles. The van der Waals surface area contributed by atoms with Gasteiger partial charge in [-0.15, -0.1) is 0 Å². The van der Waals surface area contributed by atoms with E-state index in [1.165, 1.54) is 11.0 Å². The molecule has 8 heteroatoms. The van der Waals surface area contributed by atoms with Crippen LogP contribution in [0.3, 0.4) is 0 Å². The minimum absolute atomic E-state index is 0.284. The summed E-state index contributed by atoms with van der Waals surface area (Å²) >= 11 is 0. The van der Waals surface area contributed by atoms with Crippen LogP contribution in [0.25, 0.3) is 11.3 Å². The minimum Gasteiger partial charge on any atom is -0.475 e. The predicted octanol–water partition coefficient (Wildman–Crippen LogP) is 0.503. The van der Waals surface area contributed by atoms with Crippen LogP contribution >= 0.6 is 0 Å². The summed E-state index contributed by atoms with van der Waals surface area (Å²) in [6, 6.07) is 8.06. The lowest BCUT2D eigenvalue weighted by atomic mass is 10.1. The molecule has 8 nitrogen and oxygen atoms in total. The number of carbonyl (C=O) groups is 3. The van der Waals surface area contributed by atoms with E-state index >= 15 is 0 Å². The van der Waals surface area contributed by atoms with Crippen LogP contribution < -0.4 is 10.2 Å². The summed E-state index contributed by atoms with van der Waals surface area (Å²) in [6.45, 7) is 0.670. The third-order valence-corrected chi connectivity index (χ3v) is 3.25. The highest BCUT2D eigenvalue weighted by Gasteiger charge is 2.29. The first kappa shape index (κ1) is 13.8. The highest BCUT2D eigenvalue weighted by molar-refractivity contribution is 6.41. The molecule has 1 aromatic carbocycles. The first-order valence-electron chi connectivity index (χ1n) is 6.47. The largest absolute Gasteiger partial charge is 0.475 e. The first-order valence-corrected chi connectivity index (χ1v) is 6.47. The number of para-hydroxylation sites is 1. The molecule has 2 heterocycles. The van der Waals surface area contributed by atoms with Crippen molar-refractivity contribution in [2.24, 2.45) is 0 Å². The Hall–Kier alpha value is -3.16. The van der Waals surface area contributed by atoms with Gasteiger partial charge in [0.25, 0.3) is 0 Å². The van der Waals surface area contributed by atoms with E-state index in [1.807, 2.05) is 0 Å². The van der Waals surface area contributed by atoms with Gasteiger partial charge < -0.3 is 19.8 Å². The Morgan fingerprint density at radius 1 is 1.32 bits per heavy atom. The molecule has 2 amide bonds. The van der Waals surface area contributed by atoms with Crippen LogP contribution in [-0.2, 0) is 9.59 Å². The molecule has 0 bridgehead atoms. The fraction of sp³-hybridized carbons (Fsp3) is 0.143. The average molecular weight is 301 g/mol. The number of nitrogens with zero attached hydrogens (tertiary/aromatic N) is 2. The fourth-order valence-electron chi connectivity index (χ4n) is 2.24. The van der Waals surface area contributed by atoms with Crippen LogP contribution in [0.4, 0.5) is 5.69 Å². The lowest BCUT2D eigenvalue weighted by Gasteiger charge is -2.27. The monoisotopic (exact) mass is 301 g/mol. The van der Waals surface area contributed by atoms with E-state index in [9.17, 15) is 14.4 Å². The third-order valence-electron chi connectivity index (χ3n) is 3.25. The van der Waals surface area contributed by atoms with Crippen molar-refractivity contribution in [3.63, 3.8) is 0 Å². The van der Waals surface area contributed by atoms with E-state index in [2.05, 4.69) is 10.5 Å². The van der Waals surface area contributed by atoms with Gasteiger partial charge in [0.1, 0.15) is 5.69 Å². The minimum atomic E-state index is -1.23.